The van der Waals surface area contributed by atoms with Gasteiger partial charge in [0, 0.05) is 18.1 Å². The average molecular weight is 391 g/mol. The van der Waals surface area contributed by atoms with Crippen molar-refractivity contribution < 1.29 is 17.9 Å². The molecular weight excluding hydrogens is 375 g/mol. The maximum atomic E-state index is 12.7. The van der Waals surface area contributed by atoms with Crippen LogP contribution < -0.4 is 0 Å². The Bertz CT molecular complexity index is 768. The second-order valence-electron chi connectivity index (χ2n) is 5.46. The molecule has 0 bridgehead atoms. The number of hydrogen-bond donors (Lipinski definition) is 0. The molecule has 1 aliphatic rings. The number of esters is 1. The van der Waals surface area contributed by atoms with Gasteiger partial charge >= 0.3 is 5.97 Å². The van der Waals surface area contributed by atoms with Crippen molar-refractivity contribution in [1.29, 1.82) is 5.26 Å². The summed E-state index contributed by atoms with van der Waals surface area (Å²) in [5.41, 5.74) is 0. The lowest BCUT2D eigenvalue weighted by Gasteiger charge is -2.30. The predicted molar refractivity (Wildman–Crippen MR) is 89.1 cm³/mol. The Morgan fingerprint density at radius 1 is 1.38 bits per heavy atom. The minimum atomic E-state index is -3.78. The number of halogens is 2. The van der Waals surface area contributed by atoms with Crippen LogP contribution in [0.1, 0.15) is 19.8 Å². The smallest absolute Gasteiger partial charge is 0.310 e. The van der Waals surface area contributed by atoms with Crippen LogP contribution in [0.2, 0.25) is 10.0 Å². The summed E-state index contributed by atoms with van der Waals surface area (Å²) in [4.78, 5) is 11.9. The first-order chi connectivity index (χ1) is 11.3. The van der Waals surface area contributed by atoms with Gasteiger partial charge in [-0.15, -0.1) is 0 Å². The largest absolute Gasteiger partial charge is 0.447 e. The molecule has 0 aromatic heterocycles. The van der Waals surface area contributed by atoms with Gasteiger partial charge < -0.3 is 4.74 Å². The van der Waals surface area contributed by atoms with Crippen LogP contribution in [0.4, 0.5) is 0 Å². The highest BCUT2D eigenvalue weighted by Crippen LogP contribution is 2.30. The first kappa shape index (κ1) is 19.0. The summed E-state index contributed by atoms with van der Waals surface area (Å²) in [5, 5.41) is 9.05. The SMILES string of the molecule is C[C@H](C#N)OC(=O)C1CCN(S(=O)(=O)c2cc(Cl)ccc2Cl)CC1. The molecule has 1 heterocycles. The van der Waals surface area contributed by atoms with Crippen molar-refractivity contribution in [1.82, 2.24) is 4.31 Å². The van der Waals surface area contributed by atoms with Crippen LogP contribution in [0.25, 0.3) is 0 Å². The Morgan fingerprint density at radius 3 is 2.58 bits per heavy atom. The molecule has 0 radical (unpaired) electrons. The number of rotatable bonds is 4. The molecule has 0 amide bonds. The van der Waals surface area contributed by atoms with Crippen LogP contribution in [-0.4, -0.2) is 37.9 Å². The van der Waals surface area contributed by atoms with Gasteiger partial charge in [-0.1, -0.05) is 23.2 Å². The Hall–Kier alpha value is -1.33. The van der Waals surface area contributed by atoms with Gasteiger partial charge in [-0.05, 0) is 38.0 Å². The standard InChI is InChI=1S/C15H16Cl2N2O4S/c1-10(9-18)23-15(20)11-4-6-19(7-5-11)24(21,22)14-8-12(16)2-3-13(14)17/h2-3,8,10-11H,4-7H2,1H3/t10-/m1/s1. The summed E-state index contributed by atoms with van der Waals surface area (Å²) >= 11 is 11.8. The van der Waals surface area contributed by atoms with Crippen LogP contribution in [0.5, 0.6) is 0 Å². The van der Waals surface area contributed by atoms with Crippen molar-refractivity contribution in [3.8, 4) is 6.07 Å². The summed E-state index contributed by atoms with van der Waals surface area (Å²) in [6.07, 6.45) is -0.160. The normalized spacial score (nSPS) is 17.9. The van der Waals surface area contributed by atoms with E-state index in [1.54, 1.807) is 0 Å². The summed E-state index contributed by atoms with van der Waals surface area (Å²) in [6.45, 7) is 1.83. The van der Waals surface area contributed by atoms with Gasteiger partial charge in [0.2, 0.25) is 10.0 Å². The van der Waals surface area contributed by atoms with Crippen LogP contribution in [0.15, 0.2) is 23.1 Å². The van der Waals surface area contributed by atoms with Gasteiger partial charge in [0.25, 0.3) is 0 Å². The highest BCUT2D eigenvalue weighted by molar-refractivity contribution is 7.89. The number of benzene rings is 1. The molecule has 0 spiro atoms. The van der Waals surface area contributed by atoms with Crippen molar-refractivity contribution in [3.63, 3.8) is 0 Å². The summed E-state index contributed by atoms with van der Waals surface area (Å²) in [6, 6.07) is 6.09. The van der Waals surface area contributed by atoms with E-state index in [4.69, 9.17) is 33.2 Å². The van der Waals surface area contributed by atoms with E-state index in [0.717, 1.165) is 0 Å². The fourth-order valence-corrected chi connectivity index (χ4v) is 4.65. The van der Waals surface area contributed by atoms with Gasteiger partial charge in [0.1, 0.15) is 11.0 Å². The number of sulfonamides is 1. The van der Waals surface area contributed by atoms with Crippen LogP contribution in [0.3, 0.4) is 0 Å². The van der Waals surface area contributed by atoms with E-state index >= 15 is 0 Å². The van der Waals surface area contributed by atoms with Gasteiger partial charge in [-0.3, -0.25) is 4.79 Å². The Labute approximate surface area is 151 Å². The van der Waals surface area contributed by atoms with E-state index in [9.17, 15) is 13.2 Å². The molecule has 1 fully saturated rings. The minimum absolute atomic E-state index is 0.0456. The Morgan fingerprint density at radius 2 is 2.00 bits per heavy atom. The Kier molecular flexibility index (Phi) is 6.10. The molecule has 1 aromatic carbocycles. The van der Waals surface area contributed by atoms with Crippen molar-refractivity contribution in [2.45, 2.75) is 30.8 Å². The highest BCUT2D eigenvalue weighted by Gasteiger charge is 2.34. The second kappa shape index (κ2) is 7.70. The molecule has 0 saturated carbocycles. The molecule has 1 atom stereocenters. The molecule has 130 valence electrons. The van der Waals surface area contributed by atoms with Crippen molar-refractivity contribution in [3.05, 3.63) is 28.2 Å². The van der Waals surface area contributed by atoms with E-state index in [1.165, 1.54) is 29.4 Å². The molecule has 24 heavy (non-hydrogen) atoms. The van der Waals surface area contributed by atoms with E-state index in [2.05, 4.69) is 0 Å². The zero-order chi connectivity index (χ0) is 17.9. The number of carbonyl (C=O) groups excluding carboxylic acids is 1. The summed E-state index contributed by atoms with van der Waals surface area (Å²) in [7, 11) is -3.78. The number of nitriles is 1. The fourth-order valence-electron chi connectivity index (χ4n) is 2.44. The number of ether oxygens (including phenoxy) is 1. The van der Waals surface area contributed by atoms with Gasteiger partial charge in [-0.2, -0.15) is 9.57 Å². The third-order valence-electron chi connectivity index (χ3n) is 3.77. The molecule has 1 aromatic rings. The highest BCUT2D eigenvalue weighted by atomic mass is 35.5. The first-order valence-corrected chi connectivity index (χ1v) is 9.50. The maximum Gasteiger partial charge on any atom is 0.310 e. The molecule has 9 heteroatoms. The molecule has 6 nitrogen and oxygen atoms in total. The fraction of sp³-hybridized carbons (Fsp3) is 0.467. The average Bonchev–Trinajstić information content (AvgIpc) is 2.56. The number of carbonyl (C=O) groups is 1. The van der Waals surface area contributed by atoms with Crippen molar-refractivity contribution >= 4 is 39.2 Å². The lowest BCUT2D eigenvalue weighted by Crippen LogP contribution is -2.41. The first-order valence-electron chi connectivity index (χ1n) is 7.31. The number of hydrogen-bond acceptors (Lipinski definition) is 5. The Balaban J connectivity index is 2.07. The van der Waals surface area contributed by atoms with Crippen molar-refractivity contribution in [2.75, 3.05) is 13.1 Å². The minimum Gasteiger partial charge on any atom is -0.447 e. The summed E-state index contributed by atoms with van der Waals surface area (Å²) < 4.78 is 31.6. The van der Waals surface area contributed by atoms with E-state index in [1.807, 2.05) is 6.07 Å². The monoisotopic (exact) mass is 390 g/mol. The maximum absolute atomic E-state index is 12.7. The summed E-state index contributed by atoms with van der Waals surface area (Å²) in [5.74, 6) is -0.885. The van der Waals surface area contributed by atoms with E-state index < -0.39 is 28.0 Å². The lowest BCUT2D eigenvalue weighted by molar-refractivity contribution is -0.152. The molecule has 0 N–H and O–H groups in total. The van der Waals surface area contributed by atoms with Crippen LogP contribution >= 0.6 is 23.2 Å². The molecule has 0 aliphatic carbocycles. The quantitative estimate of drug-likeness (QED) is 0.737. The predicted octanol–water partition coefficient (Wildman–Crippen LogP) is 2.85. The van der Waals surface area contributed by atoms with E-state index in [0.29, 0.717) is 12.8 Å². The van der Waals surface area contributed by atoms with Gasteiger partial charge in [0.15, 0.2) is 6.10 Å². The number of piperidine rings is 1. The molecule has 2 rings (SSSR count). The third-order valence-corrected chi connectivity index (χ3v) is 6.39. The zero-order valence-corrected chi connectivity index (χ0v) is 15.2. The van der Waals surface area contributed by atoms with Crippen LogP contribution in [-0.2, 0) is 19.6 Å². The second-order valence-corrected chi connectivity index (χ2v) is 8.21. The zero-order valence-electron chi connectivity index (χ0n) is 12.9. The van der Waals surface area contributed by atoms with E-state index in [-0.39, 0.29) is 28.0 Å². The number of nitrogens with zero attached hydrogens (tertiary/aromatic N) is 2. The van der Waals surface area contributed by atoms with Gasteiger partial charge in [0.05, 0.1) is 10.9 Å². The lowest BCUT2D eigenvalue weighted by atomic mass is 9.98. The van der Waals surface area contributed by atoms with Crippen molar-refractivity contribution in [2.24, 2.45) is 5.92 Å². The molecule has 1 saturated heterocycles. The molecule has 1 aliphatic heterocycles. The third kappa shape index (κ3) is 4.19. The molecular formula is C15H16Cl2N2O4S. The molecule has 0 unspecified atom stereocenters. The topological polar surface area (TPSA) is 87.5 Å². The van der Waals surface area contributed by atoms with Crippen LogP contribution in [0, 0.1) is 17.2 Å². The van der Waals surface area contributed by atoms with Gasteiger partial charge in [-0.25, -0.2) is 8.42 Å².